The smallest absolute Gasteiger partial charge is 0.227 e. The zero-order valence-electron chi connectivity index (χ0n) is 16.2. The number of allylic oxidation sites excluding steroid dienone is 2. The van der Waals surface area contributed by atoms with Gasteiger partial charge in [-0.05, 0) is 43.3 Å². The Kier molecular flexibility index (Phi) is 9.63. The Balaban J connectivity index is 0.00000151. The first-order valence-corrected chi connectivity index (χ1v) is 9.32. The van der Waals surface area contributed by atoms with Crippen LogP contribution in [0.1, 0.15) is 34.1 Å². The van der Waals surface area contributed by atoms with Crippen LogP contribution in [0.15, 0.2) is 49.2 Å². The maximum Gasteiger partial charge on any atom is 0.227 e. The topological polar surface area (TPSA) is 26.8 Å². The maximum absolute atomic E-state index is 11.8. The molecule has 4 nitrogen and oxygen atoms in total. The number of benzene rings is 1. The summed E-state index contributed by atoms with van der Waals surface area (Å²) in [4.78, 5) is 18.3. The summed E-state index contributed by atoms with van der Waals surface area (Å²) >= 11 is 0. The summed E-state index contributed by atoms with van der Waals surface area (Å²) in [5, 5.41) is 0. The van der Waals surface area contributed by atoms with E-state index in [2.05, 4.69) is 35.4 Å². The molecule has 1 aromatic rings. The van der Waals surface area contributed by atoms with Crippen LogP contribution in [-0.4, -0.2) is 43.5 Å². The van der Waals surface area contributed by atoms with Crippen LogP contribution < -0.4 is 9.80 Å². The van der Waals surface area contributed by atoms with Gasteiger partial charge in [0.15, 0.2) is 0 Å². The standard InChI is InChI=1S/C19H27N3O.C2H6/c1-4-6-12-22(17(3)23)19-9-7-18(8-10-19)21-15-13-20(11-5-2)14-16-21;1-2/h4,6-10,12H,1,5,11,13-16H2,2-3H3;1-2H3/b12-6-;. The van der Waals surface area contributed by atoms with Gasteiger partial charge >= 0.3 is 0 Å². The van der Waals surface area contributed by atoms with E-state index in [1.807, 2.05) is 26.0 Å². The lowest BCUT2D eigenvalue weighted by Gasteiger charge is -2.36. The number of piperazine rings is 1. The average Bonchev–Trinajstić information content (AvgIpc) is 2.65. The summed E-state index contributed by atoms with van der Waals surface area (Å²) < 4.78 is 0. The summed E-state index contributed by atoms with van der Waals surface area (Å²) in [6.45, 7) is 17.0. The molecule has 138 valence electrons. The van der Waals surface area contributed by atoms with Gasteiger partial charge in [0.25, 0.3) is 0 Å². The molecule has 0 bridgehead atoms. The molecule has 0 spiro atoms. The minimum atomic E-state index is -0.0102. The largest absolute Gasteiger partial charge is 0.369 e. The molecule has 0 atom stereocenters. The van der Waals surface area contributed by atoms with Crippen LogP contribution in [0.3, 0.4) is 0 Å². The van der Waals surface area contributed by atoms with E-state index in [-0.39, 0.29) is 5.91 Å². The Morgan fingerprint density at radius 3 is 2.24 bits per heavy atom. The van der Waals surface area contributed by atoms with Crippen molar-refractivity contribution in [1.82, 2.24) is 4.90 Å². The van der Waals surface area contributed by atoms with Crippen LogP contribution in [0.4, 0.5) is 11.4 Å². The third-order valence-corrected chi connectivity index (χ3v) is 4.12. The van der Waals surface area contributed by atoms with Crippen molar-refractivity contribution in [2.24, 2.45) is 0 Å². The molecule has 4 heteroatoms. The summed E-state index contributed by atoms with van der Waals surface area (Å²) in [6, 6.07) is 8.20. The maximum atomic E-state index is 11.8. The molecule has 1 aliphatic heterocycles. The van der Waals surface area contributed by atoms with Crippen LogP contribution in [0.5, 0.6) is 0 Å². The van der Waals surface area contributed by atoms with Crippen molar-refractivity contribution in [3.8, 4) is 0 Å². The molecule has 1 saturated heterocycles. The fourth-order valence-corrected chi connectivity index (χ4v) is 2.89. The number of nitrogens with zero attached hydrogens (tertiary/aromatic N) is 3. The second-order valence-electron chi connectivity index (χ2n) is 5.81. The second kappa shape index (κ2) is 11.5. The molecule has 0 N–H and O–H groups in total. The number of hydrogen-bond donors (Lipinski definition) is 0. The van der Waals surface area contributed by atoms with Gasteiger partial charge in [0.2, 0.25) is 5.91 Å². The highest BCUT2D eigenvalue weighted by Crippen LogP contribution is 2.22. The fraction of sp³-hybridized carbons (Fsp3) is 0.476. The molecule has 0 saturated carbocycles. The lowest BCUT2D eigenvalue weighted by molar-refractivity contribution is -0.116. The Morgan fingerprint density at radius 2 is 1.76 bits per heavy atom. The molecule has 1 aromatic carbocycles. The Bertz CT molecular complexity index is 543. The van der Waals surface area contributed by atoms with Crippen molar-refractivity contribution in [2.45, 2.75) is 34.1 Å². The number of carbonyl (C=O) groups is 1. The summed E-state index contributed by atoms with van der Waals surface area (Å²) in [6.07, 6.45) is 6.39. The predicted molar refractivity (Wildman–Crippen MR) is 109 cm³/mol. The minimum absolute atomic E-state index is 0.0102. The minimum Gasteiger partial charge on any atom is -0.369 e. The summed E-state index contributed by atoms with van der Waals surface area (Å²) in [5.74, 6) is -0.0102. The highest BCUT2D eigenvalue weighted by molar-refractivity contribution is 5.93. The van der Waals surface area contributed by atoms with Gasteiger partial charge < -0.3 is 4.90 Å². The Morgan fingerprint density at radius 1 is 1.16 bits per heavy atom. The van der Waals surface area contributed by atoms with E-state index in [1.165, 1.54) is 18.7 Å². The fourth-order valence-electron chi connectivity index (χ4n) is 2.89. The second-order valence-corrected chi connectivity index (χ2v) is 5.81. The normalized spacial score (nSPS) is 14.8. The third-order valence-electron chi connectivity index (χ3n) is 4.12. The van der Waals surface area contributed by atoms with Gasteiger partial charge in [-0.2, -0.15) is 0 Å². The highest BCUT2D eigenvalue weighted by Gasteiger charge is 2.16. The monoisotopic (exact) mass is 343 g/mol. The van der Waals surface area contributed by atoms with Crippen molar-refractivity contribution in [1.29, 1.82) is 0 Å². The van der Waals surface area contributed by atoms with Gasteiger partial charge in [0.1, 0.15) is 0 Å². The quantitative estimate of drug-likeness (QED) is 0.721. The molecule has 0 unspecified atom stereocenters. The van der Waals surface area contributed by atoms with E-state index in [9.17, 15) is 4.79 Å². The highest BCUT2D eigenvalue weighted by atomic mass is 16.2. The number of amides is 1. The molecule has 1 heterocycles. The molecule has 25 heavy (non-hydrogen) atoms. The summed E-state index contributed by atoms with van der Waals surface area (Å²) in [7, 11) is 0. The lowest BCUT2D eigenvalue weighted by atomic mass is 10.2. The van der Waals surface area contributed by atoms with Crippen molar-refractivity contribution < 1.29 is 4.79 Å². The van der Waals surface area contributed by atoms with Crippen molar-refractivity contribution in [2.75, 3.05) is 42.5 Å². The van der Waals surface area contributed by atoms with Gasteiger partial charge in [0.05, 0.1) is 0 Å². The van der Waals surface area contributed by atoms with E-state index in [1.54, 1.807) is 30.2 Å². The molecular formula is C21H33N3O. The zero-order chi connectivity index (χ0) is 18.7. The van der Waals surface area contributed by atoms with Crippen LogP contribution in [0, 0.1) is 0 Å². The van der Waals surface area contributed by atoms with Gasteiger partial charge in [-0.1, -0.05) is 33.4 Å². The number of carbonyl (C=O) groups excluding carboxylic acids is 1. The van der Waals surface area contributed by atoms with Gasteiger partial charge in [-0.3, -0.25) is 14.6 Å². The molecule has 1 amide bonds. The molecule has 2 rings (SSSR count). The van der Waals surface area contributed by atoms with Gasteiger partial charge in [-0.15, -0.1) is 0 Å². The lowest BCUT2D eigenvalue weighted by Crippen LogP contribution is -2.46. The number of hydrogen-bond acceptors (Lipinski definition) is 3. The van der Waals surface area contributed by atoms with Crippen LogP contribution in [0.2, 0.25) is 0 Å². The van der Waals surface area contributed by atoms with E-state index in [4.69, 9.17) is 0 Å². The average molecular weight is 344 g/mol. The van der Waals surface area contributed by atoms with Gasteiger partial charge in [0, 0.05) is 50.7 Å². The van der Waals surface area contributed by atoms with Gasteiger partial charge in [-0.25, -0.2) is 0 Å². The SMILES string of the molecule is C=C/C=C\N(C(C)=O)c1ccc(N2CCN(CCC)CC2)cc1.CC. The molecule has 0 aromatic heterocycles. The third kappa shape index (κ3) is 6.39. The molecule has 1 aliphatic rings. The first-order valence-electron chi connectivity index (χ1n) is 9.32. The molecule has 0 aliphatic carbocycles. The number of anilines is 2. The van der Waals surface area contributed by atoms with Crippen LogP contribution >= 0.6 is 0 Å². The van der Waals surface area contributed by atoms with E-state index in [0.29, 0.717) is 0 Å². The predicted octanol–water partition coefficient (Wildman–Crippen LogP) is 4.30. The van der Waals surface area contributed by atoms with Crippen molar-refractivity contribution in [3.05, 3.63) is 49.2 Å². The zero-order valence-corrected chi connectivity index (χ0v) is 16.2. The van der Waals surface area contributed by atoms with Crippen LogP contribution in [0.25, 0.3) is 0 Å². The summed E-state index contributed by atoms with van der Waals surface area (Å²) in [5.41, 5.74) is 2.10. The Hall–Kier alpha value is -2.07. The molecular weight excluding hydrogens is 310 g/mol. The van der Waals surface area contributed by atoms with Crippen LogP contribution in [-0.2, 0) is 4.79 Å². The van der Waals surface area contributed by atoms with E-state index < -0.39 is 0 Å². The van der Waals surface area contributed by atoms with Crippen molar-refractivity contribution in [3.63, 3.8) is 0 Å². The number of rotatable bonds is 6. The first kappa shape index (κ1) is 21.0. The van der Waals surface area contributed by atoms with E-state index in [0.717, 1.165) is 31.9 Å². The molecule has 0 radical (unpaired) electrons. The Labute approximate surface area is 153 Å². The first-order chi connectivity index (χ1) is 12.2. The van der Waals surface area contributed by atoms with E-state index >= 15 is 0 Å². The molecule has 1 fully saturated rings. The van der Waals surface area contributed by atoms with Crippen molar-refractivity contribution >= 4 is 17.3 Å².